The number of hydrogen-bond acceptors (Lipinski definition) is 5. The number of aldehydes is 1. The molecule has 0 amide bonds. The minimum absolute atomic E-state index is 0.0117. The van der Waals surface area contributed by atoms with Gasteiger partial charge in [-0.3, -0.25) is 4.79 Å². The van der Waals surface area contributed by atoms with E-state index in [9.17, 15) is 14.7 Å². The van der Waals surface area contributed by atoms with Gasteiger partial charge in [0.2, 0.25) is 0 Å². The predicted molar refractivity (Wildman–Crippen MR) is 56.0 cm³/mol. The number of ether oxygens (including phenoxy) is 2. The quantitative estimate of drug-likeness (QED) is 0.618. The molecule has 0 aliphatic carbocycles. The zero-order valence-corrected chi connectivity index (χ0v) is 9.02. The first-order valence-corrected chi connectivity index (χ1v) is 4.67. The molecule has 0 unspecified atom stereocenters. The zero-order valence-electron chi connectivity index (χ0n) is 9.02. The number of methoxy groups -OCH3 is 1. The van der Waals surface area contributed by atoms with E-state index in [0.717, 1.165) is 0 Å². The third-order valence-corrected chi connectivity index (χ3v) is 1.96. The van der Waals surface area contributed by atoms with E-state index in [0.29, 0.717) is 6.29 Å². The molecule has 0 bridgehead atoms. The number of carbonyl (C=O) groups is 2. The Morgan fingerprint density at radius 3 is 2.69 bits per heavy atom. The van der Waals surface area contributed by atoms with E-state index in [1.54, 1.807) is 6.92 Å². The normalized spacial score (nSPS) is 9.62. The van der Waals surface area contributed by atoms with Gasteiger partial charge < -0.3 is 14.6 Å². The van der Waals surface area contributed by atoms with E-state index in [2.05, 4.69) is 0 Å². The molecule has 0 saturated carbocycles. The second-order valence-electron chi connectivity index (χ2n) is 2.95. The van der Waals surface area contributed by atoms with Crippen LogP contribution in [0.4, 0.5) is 0 Å². The summed E-state index contributed by atoms with van der Waals surface area (Å²) in [6.45, 7) is 1.91. The van der Waals surface area contributed by atoms with Gasteiger partial charge in [-0.1, -0.05) is 0 Å². The Morgan fingerprint density at radius 1 is 1.50 bits per heavy atom. The molecule has 0 heterocycles. The van der Waals surface area contributed by atoms with Crippen molar-refractivity contribution in [1.82, 2.24) is 0 Å². The van der Waals surface area contributed by atoms with Gasteiger partial charge in [-0.05, 0) is 19.1 Å². The van der Waals surface area contributed by atoms with Gasteiger partial charge in [0.05, 0.1) is 24.8 Å². The molecule has 1 N–H and O–H groups in total. The standard InChI is InChI=1S/C11H12O5/c1-3-16-11(14)7-4-8(6-12)10(13)9(5-7)15-2/h4-6,13H,3H2,1-2H3. The van der Waals surface area contributed by atoms with Crippen LogP contribution in [0.15, 0.2) is 12.1 Å². The van der Waals surface area contributed by atoms with Gasteiger partial charge in [0.15, 0.2) is 17.8 Å². The zero-order chi connectivity index (χ0) is 12.1. The smallest absolute Gasteiger partial charge is 0.338 e. The number of phenols is 1. The van der Waals surface area contributed by atoms with E-state index >= 15 is 0 Å². The minimum Gasteiger partial charge on any atom is -0.504 e. The molecule has 1 aromatic rings. The van der Waals surface area contributed by atoms with Gasteiger partial charge in [0.25, 0.3) is 0 Å². The highest BCUT2D eigenvalue weighted by Crippen LogP contribution is 2.30. The molecular formula is C11H12O5. The molecule has 0 aliphatic rings. The van der Waals surface area contributed by atoms with Crippen LogP contribution in [-0.4, -0.2) is 31.1 Å². The van der Waals surface area contributed by atoms with E-state index in [-0.39, 0.29) is 29.2 Å². The van der Waals surface area contributed by atoms with Crippen LogP contribution in [0.5, 0.6) is 11.5 Å². The third-order valence-electron chi connectivity index (χ3n) is 1.96. The van der Waals surface area contributed by atoms with Crippen LogP contribution < -0.4 is 4.74 Å². The first kappa shape index (κ1) is 12.0. The summed E-state index contributed by atoms with van der Waals surface area (Å²) in [5.41, 5.74) is 0.154. The van der Waals surface area contributed by atoms with Gasteiger partial charge in [-0.2, -0.15) is 0 Å². The summed E-state index contributed by atoms with van der Waals surface area (Å²) >= 11 is 0. The molecule has 0 aromatic heterocycles. The predicted octanol–water partition coefficient (Wildman–Crippen LogP) is 1.39. The number of esters is 1. The number of benzene rings is 1. The molecule has 0 radical (unpaired) electrons. The first-order chi connectivity index (χ1) is 7.63. The highest BCUT2D eigenvalue weighted by Gasteiger charge is 2.15. The summed E-state index contributed by atoms with van der Waals surface area (Å²) in [5.74, 6) is -0.790. The Balaban J connectivity index is 3.21. The molecule has 1 aromatic carbocycles. The molecule has 1 rings (SSSR count). The summed E-state index contributed by atoms with van der Waals surface area (Å²) in [7, 11) is 1.33. The van der Waals surface area contributed by atoms with Crippen molar-refractivity contribution in [3.8, 4) is 11.5 Å². The fourth-order valence-corrected chi connectivity index (χ4v) is 1.21. The Morgan fingerprint density at radius 2 is 2.19 bits per heavy atom. The van der Waals surface area contributed by atoms with Crippen LogP contribution in [0, 0.1) is 0 Å². The van der Waals surface area contributed by atoms with Crippen molar-refractivity contribution in [3.05, 3.63) is 23.3 Å². The van der Waals surface area contributed by atoms with Crippen molar-refractivity contribution in [2.24, 2.45) is 0 Å². The average molecular weight is 224 g/mol. The Bertz CT molecular complexity index is 411. The van der Waals surface area contributed by atoms with E-state index < -0.39 is 5.97 Å². The third kappa shape index (κ3) is 2.31. The van der Waals surface area contributed by atoms with Crippen LogP contribution in [-0.2, 0) is 4.74 Å². The van der Waals surface area contributed by atoms with Crippen molar-refractivity contribution >= 4 is 12.3 Å². The maximum absolute atomic E-state index is 11.4. The molecular weight excluding hydrogens is 212 g/mol. The Hall–Kier alpha value is -2.04. The monoisotopic (exact) mass is 224 g/mol. The van der Waals surface area contributed by atoms with Gasteiger partial charge in [-0.15, -0.1) is 0 Å². The van der Waals surface area contributed by atoms with Crippen LogP contribution in [0.1, 0.15) is 27.6 Å². The number of phenolic OH excluding ortho intramolecular Hbond substituents is 1. The Kier molecular flexibility index (Phi) is 3.88. The molecule has 0 aliphatic heterocycles. The summed E-state index contributed by atoms with van der Waals surface area (Å²) in [6.07, 6.45) is 0.445. The first-order valence-electron chi connectivity index (χ1n) is 4.67. The highest BCUT2D eigenvalue weighted by molar-refractivity contribution is 5.94. The van der Waals surface area contributed by atoms with Crippen molar-refractivity contribution in [1.29, 1.82) is 0 Å². The molecule has 5 nitrogen and oxygen atoms in total. The second kappa shape index (κ2) is 5.16. The number of aromatic hydroxyl groups is 1. The SMILES string of the molecule is CCOC(=O)c1cc(C=O)c(O)c(OC)c1. The molecule has 5 heteroatoms. The maximum Gasteiger partial charge on any atom is 0.338 e. The summed E-state index contributed by atoms with van der Waals surface area (Å²) in [4.78, 5) is 22.1. The van der Waals surface area contributed by atoms with E-state index in [1.165, 1.54) is 19.2 Å². The van der Waals surface area contributed by atoms with Crippen LogP contribution in [0.25, 0.3) is 0 Å². The Labute approximate surface area is 92.6 Å². The summed E-state index contributed by atoms with van der Waals surface area (Å²) < 4.78 is 9.61. The lowest BCUT2D eigenvalue weighted by molar-refractivity contribution is 0.0526. The van der Waals surface area contributed by atoms with Crippen LogP contribution >= 0.6 is 0 Å². The second-order valence-corrected chi connectivity index (χ2v) is 2.95. The van der Waals surface area contributed by atoms with E-state index in [1.807, 2.05) is 0 Å². The molecule has 86 valence electrons. The molecule has 16 heavy (non-hydrogen) atoms. The summed E-state index contributed by atoms with van der Waals surface area (Å²) in [6, 6.07) is 2.57. The molecule has 0 atom stereocenters. The van der Waals surface area contributed by atoms with Crippen molar-refractivity contribution < 1.29 is 24.2 Å². The topological polar surface area (TPSA) is 72.8 Å². The lowest BCUT2D eigenvalue weighted by Gasteiger charge is -2.08. The van der Waals surface area contributed by atoms with Crippen molar-refractivity contribution in [2.75, 3.05) is 13.7 Å². The fraction of sp³-hybridized carbons (Fsp3) is 0.273. The number of rotatable bonds is 4. The lowest BCUT2D eigenvalue weighted by atomic mass is 10.1. The minimum atomic E-state index is -0.566. The molecule has 0 spiro atoms. The molecule has 0 saturated heterocycles. The van der Waals surface area contributed by atoms with Gasteiger partial charge in [-0.25, -0.2) is 4.79 Å². The average Bonchev–Trinajstić information content (AvgIpc) is 2.29. The number of hydrogen-bond donors (Lipinski definition) is 1. The highest BCUT2D eigenvalue weighted by atomic mass is 16.5. The van der Waals surface area contributed by atoms with Crippen LogP contribution in [0.2, 0.25) is 0 Å². The lowest BCUT2D eigenvalue weighted by Crippen LogP contribution is -2.05. The van der Waals surface area contributed by atoms with Gasteiger partial charge >= 0.3 is 5.97 Å². The van der Waals surface area contributed by atoms with Crippen molar-refractivity contribution in [3.63, 3.8) is 0 Å². The maximum atomic E-state index is 11.4. The largest absolute Gasteiger partial charge is 0.504 e. The van der Waals surface area contributed by atoms with Crippen LogP contribution in [0.3, 0.4) is 0 Å². The van der Waals surface area contributed by atoms with E-state index in [4.69, 9.17) is 9.47 Å². The van der Waals surface area contributed by atoms with Gasteiger partial charge in [0.1, 0.15) is 0 Å². The number of carbonyl (C=O) groups excluding carboxylic acids is 2. The van der Waals surface area contributed by atoms with Crippen molar-refractivity contribution in [2.45, 2.75) is 6.92 Å². The fourth-order valence-electron chi connectivity index (χ4n) is 1.21. The molecule has 0 fully saturated rings. The van der Waals surface area contributed by atoms with Gasteiger partial charge in [0, 0.05) is 0 Å². The summed E-state index contributed by atoms with van der Waals surface area (Å²) in [5, 5.41) is 9.52.